The van der Waals surface area contributed by atoms with Crippen LogP contribution in [0.4, 0.5) is 0 Å². The smallest absolute Gasteiger partial charge is 0.0146 e. The monoisotopic (exact) mass is 239 g/mol. The molecule has 0 heterocycles. The van der Waals surface area contributed by atoms with E-state index in [-0.39, 0.29) is 0 Å². The van der Waals surface area contributed by atoms with Gasteiger partial charge in [0.15, 0.2) is 0 Å². The van der Waals surface area contributed by atoms with Gasteiger partial charge in [0.2, 0.25) is 0 Å². The van der Waals surface area contributed by atoms with E-state index in [2.05, 4.69) is 39.9 Å². The predicted octanol–water partition coefficient (Wildman–Crippen LogP) is 4.62. The van der Waals surface area contributed by atoms with Crippen LogP contribution in [0.5, 0.6) is 0 Å². The van der Waals surface area contributed by atoms with Crippen molar-refractivity contribution in [3.05, 3.63) is 0 Å². The molecule has 17 heavy (non-hydrogen) atoms. The van der Waals surface area contributed by atoms with E-state index in [1.54, 1.807) is 0 Å². The van der Waals surface area contributed by atoms with Gasteiger partial charge in [0.1, 0.15) is 0 Å². The van der Waals surface area contributed by atoms with Gasteiger partial charge in [-0.2, -0.15) is 0 Å². The zero-order chi connectivity index (χ0) is 12.9. The fraction of sp³-hybridized carbons (Fsp3) is 1.00. The normalized spacial score (nSPS) is 28.1. The molecule has 0 aromatic rings. The maximum absolute atomic E-state index is 3.78. The topological polar surface area (TPSA) is 12.0 Å². The van der Waals surface area contributed by atoms with Crippen LogP contribution in [-0.4, -0.2) is 12.6 Å². The average molecular weight is 239 g/mol. The molecule has 1 heteroatoms. The van der Waals surface area contributed by atoms with Crippen molar-refractivity contribution >= 4 is 0 Å². The first-order chi connectivity index (χ1) is 8.05. The first-order valence-corrected chi connectivity index (χ1v) is 7.78. The maximum atomic E-state index is 3.78. The molecule has 1 saturated carbocycles. The van der Waals surface area contributed by atoms with Gasteiger partial charge in [-0.05, 0) is 43.1 Å². The standard InChI is InChI=1S/C16H33N/c1-6-13-9-11-14(12-10-13)15(17-8-3)16(4,5)7-2/h13-15,17H,6-12H2,1-5H3. The van der Waals surface area contributed by atoms with Crippen molar-refractivity contribution in [2.24, 2.45) is 17.3 Å². The van der Waals surface area contributed by atoms with E-state index in [4.69, 9.17) is 0 Å². The van der Waals surface area contributed by atoms with E-state index in [0.717, 1.165) is 24.4 Å². The minimum Gasteiger partial charge on any atom is -0.313 e. The average Bonchev–Trinajstić information content (AvgIpc) is 2.36. The third kappa shape index (κ3) is 3.98. The molecule has 0 saturated heterocycles. The highest BCUT2D eigenvalue weighted by atomic mass is 14.9. The van der Waals surface area contributed by atoms with E-state index in [9.17, 15) is 0 Å². The quantitative estimate of drug-likeness (QED) is 0.713. The lowest BCUT2D eigenvalue weighted by Gasteiger charge is -2.42. The Labute approximate surface area is 109 Å². The largest absolute Gasteiger partial charge is 0.313 e. The van der Waals surface area contributed by atoms with Crippen molar-refractivity contribution in [1.82, 2.24) is 5.32 Å². The Bertz CT molecular complexity index is 202. The predicted molar refractivity (Wildman–Crippen MR) is 77.3 cm³/mol. The van der Waals surface area contributed by atoms with Gasteiger partial charge in [0, 0.05) is 6.04 Å². The van der Waals surface area contributed by atoms with Crippen molar-refractivity contribution in [2.45, 2.75) is 79.2 Å². The molecule has 1 aliphatic carbocycles. The molecule has 1 aliphatic rings. The van der Waals surface area contributed by atoms with Crippen LogP contribution < -0.4 is 5.32 Å². The van der Waals surface area contributed by atoms with Gasteiger partial charge in [-0.15, -0.1) is 0 Å². The summed E-state index contributed by atoms with van der Waals surface area (Å²) in [6.45, 7) is 12.9. The van der Waals surface area contributed by atoms with Crippen LogP contribution in [0.15, 0.2) is 0 Å². The first kappa shape index (κ1) is 15.0. The van der Waals surface area contributed by atoms with Crippen LogP contribution in [0.3, 0.4) is 0 Å². The number of hydrogen-bond acceptors (Lipinski definition) is 1. The highest BCUT2D eigenvalue weighted by Gasteiger charge is 2.35. The summed E-state index contributed by atoms with van der Waals surface area (Å²) in [5.41, 5.74) is 0.444. The highest BCUT2D eigenvalue weighted by molar-refractivity contribution is 4.90. The maximum Gasteiger partial charge on any atom is 0.0146 e. The van der Waals surface area contributed by atoms with Crippen molar-refractivity contribution in [2.75, 3.05) is 6.54 Å². The molecule has 0 spiro atoms. The number of nitrogens with one attached hydrogen (secondary N) is 1. The molecule has 0 amide bonds. The van der Waals surface area contributed by atoms with E-state index in [0.29, 0.717) is 5.41 Å². The van der Waals surface area contributed by atoms with Gasteiger partial charge in [-0.25, -0.2) is 0 Å². The minimum absolute atomic E-state index is 0.444. The molecule has 0 radical (unpaired) electrons. The molecule has 102 valence electrons. The summed E-state index contributed by atoms with van der Waals surface area (Å²) in [6, 6.07) is 0.718. The first-order valence-electron chi connectivity index (χ1n) is 7.78. The second kappa shape index (κ2) is 6.78. The zero-order valence-corrected chi connectivity index (χ0v) is 12.7. The van der Waals surface area contributed by atoms with E-state index < -0.39 is 0 Å². The highest BCUT2D eigenvalue weighted by Crippen LogP contribution is 2.39. The SMILES string of the molecule is CCNC(C1CCC(CC)CC1)C(C)(C)CC. The van der Waals surface area contributed by atoms with Gasteiger partial charge in [-0.1, -0.05) is 53.9 Å². The van der Waals surface area contributed by atoms with Gasteiger partial charge in [0.05, 0.1) is 0 Å². The summed E-state index contributed by atoms with van der Waals surface area (Å²) >= 11 is 0. The van der Waals surface area contributed by atoms with Crippen molar-refractivity contribution in [3.63, 3.8) is 0 Å². The third-order valence-electron chi connectivity index (χ3n) is 5.12. The summed E-state index contributed by atoms with van der Waals surface area (Å²) in [5, 5.41) is 3.78. The lowest BCUT2D eigenvalue weighted by atomic mass is 9.69. The minimum atomic E-state index is 0.444. The zero-order valence-electron chi connectivity index (χ0n) is 12.7. The lowest BCUT2D eigenvalue weighted by Crippen LogP contribution is -2.48. The summed E-state index contributed by atoms with van der Waals surface area (Å²) in [4.78, 5) is 0. The molecule has 0 aromatic heterocycles. The van der Waals surface area contributed by atoms with Crippen molar-refractivity contribution < 1.29 is 0 Å². The molecule has 1 N–H and O–H groups in total. The molecule has 0 aliphatic heterocycles. The molecule has 0 bridgehead atoms. The fourth-order valence-corrected chi connectivity index (χ4v) is 3.45. The Hall–Kier alpha value is -0.0400. The Kier molecular flexibility index (Phi) is 5.99. The molecule has 1 nitrogen and oxygen atoms in total. The molecule has 1 rings (SSSR count). The van der Waals surface area contributed by atoms with Gasteiger partial charge >= 0.3 is 0 Å². The molecule has 0 aromatic carbocycles. The number of rotatable bonds is 6. The van der Waals surface area contributed by atoms with Crippen LogP contribution in [0.1, 0.15) is 73.1 Å². The van der Waals surface area contributed by atoms with Crippen LogP contribution in [-0.2, 0) is 0 Å². The summed E-state index contributed by atoms with van der Waals surface area (Å²) in [5.74, 6) is 1.92. The van der Waals surface area contributed by atoms with Crippen LogP contribution in [0.25, 0.3) is 0 Å². The third-order valence-corrected chi connectivity index (χ3v) is 5.12. The Morgan fingerprint density at radius 1 is 1.06 bits per heavy atom. The molecular formula is C16H33N. The van der Waals surface area contributed by atoms with Gasteiger partial charge in [0.25, 0.3) is 0 Å². The van der Waals surface area contributed by atoms with Crippen molar-refractivity contribution in [3.8, 4) is 0 Å². The lowest BCUT2D eigenvalue weighted by molar-refractivity contribution is 0.123. The van der Waals surface area contributed by atoms with Gasteiger partial charge in [-0.3, -0.25) is 0 Å². The van der Waals surface area contributed by atoms with Crippen LogP contribution in [0, 0.1) is 17.3 Å². The molecule has 1 fully saturated rings. The van der Waals surface area contributed by atoms with Crippen molar-refractivity contribution in [1.29, 1.82) is 0 Å². The Morgan fingerprint density at radius 2 is 1.65 bits per heavy atom. The Morgan fingerprint density at radius 3 is 2.06 bits per heavy atom. The number of hydrogen-bond donors (Lipinski definition) is 1. The summed E-state index contributed by atoms with van der Waals surface area (Å²) in [6.07, 6.45) is 8.47. The Balaban J connectivity index is 2.60. The molecular weight excluding hydrogens is 206 g/mol. The van der Waals surface area contributed by atoms with E-state index in [1.807, 2.05) is 0 Å². The van der Waals surface area contributed by atoms with E-state index >= 15 is 0 Å². The fourth-order valence-electron chi connectivity index (χ4n) is 3.45. The van der Waals surface area contributed by atoms with Gasteiger partial charge < -0.3 is 5.32 Å². The van der Waals surface area contributed by atoms with E-state index in [1.165, 1.54) is 38.5 Å². The van der Waals surface area contributed by atoms with Crippen LogP contribution in [0.2, 0.25) is 0 Å². The summed E-state index contributed by atoms with van der Waals surface area (Å²) in [7, 11) is 0. The molecule has 1 unspecified atom stereocenters. The second-order valence-electron chi connectivity index (χ2n) is 6.57. The summed E-state index contributed by atoms with van der Waals surface area (Å²) < 4.78 is 0. The van der Waals surface area contributed by atoms with Crippen LogP contribution >= 0.6 is 0 Å². The molecule has 1 atom stereocenters. The second-order valence-corrected chi connectivity index (χ2v) is 6.57.